The first-order valence-corrected chi connectivity index (χ1v) is 7.03. The van der Waals surface area contributed by atoms with Crippen molar-refractivity contribution in [1.82, 2.24) is 8.53 Å². The highest BCUT2D eigenvalue weighted by molar-refractivity contribution is 6.55. The van der Waals surface area contributed by atoms with Gasteiger partial charge in [0.2, 0.25) is 0 Å². The first-order chi connectivity index (χ1) is 5.79. The number of pyridine rings is 1. The summed E-state index contributed by atoms with van der Waals surface area (Å²) in [5, 5.41) is 1.25. The summed E-state index contributed by atoms with van der Waals surface area (Å²) in [5.41, 5.74) is 1.14. The van der Waals surface area contributed by atoms with Crippen LogP contribution in [-0.4, -0.2) is 22.9 Å². The predicted octanol–water partition coefficient (Wildman–Crippen LogP) is 2.14. The standard InChI is InChI=1S/C7H5N2.2CH3.Al/c1-2-6-3-5-9-7(6)8-4-1;;;/h1-5H;2*1H3;/q-1;;;+1. The quantitative estimate of drug-likeness (QED) is 0.605. The fourth-order valence-electron chi connectivity index (χ4n) is 1.40. The Morgan fingerprint density at radius 2 is 2.17 bits per heavy atom. The molecule has 0 aliphatic carbocycles. The van der Waals surface area contributed by atoms with Gasteiger partial charge in [-0.2, -0.15) is 0 Å². The van der Waals surface area contributed by atoms with Crippen molar-refractivity contribution in [2.24, 2.45) is 0 Å². The highest BCUT2D eigenvalue weighted by Crippen LogP contribution is 2.12. The van der Waals surface area contributed by atoms with Crippen LogP contribution in [0.2, 0.25) is 11.6 Å². The van der Waals surface area contributed by atoms with E-state index in [9.17, 15) is 0 Å². The van der Waals surface area contributed by atoms with Crippen molar-refractivity contribution in [3.8, 4) is 0 Å². The lowest BCUT2D eigenvalue weighted by molar-refractivity contribution is 1.19. The number of aromatic nitrogens is 2. The highest BCUT2D eigenvalue weighted by Gasteiger charge is 2.09. The molecule has 0 unspecified atom stereocenters. The van der Waals surface area contributed by atoms with E-state index in [-0.39, 0.29) is 0 Å². The van der Waals surface area contributed by atoms with Gasteiger partial charge in [0.25, 0.3) is 0 Å². The van der Waals surface area contributed by atoms with E-state index in [1.807, 2.05) is 12.3 Å². The summed E-state index contributed by atoms with van der Waals surface area (Å²) in [4.78, 5) is 4.36. The maximum Gasteiger partial charge on any atom is 0.413 e. The zero-order valence-electron chi connectivity index (χ0n) is 7.36. The van der Waals surface area contributed by atoms with Gasteiger partial charge in [0.1, 0.15) is 5.65 Å². The van der Waals surface area contributed by atoms with Crippen molar-refractivity contribution in [1.29, 1.82) is 0 Å². The van der Waals surface area contributed by atoms with Gasteiger partial charge < -0.3 is 3.55 Å². The summed E-state index contributed by atoms with van der Waals surface area (Å²) in [5.74, 6) is 4.60. The Labute approximate surface area is 76.4 Å². The topological polar surface area (TPSA) is 17.8 Å². The highest BCUT2D eigenvalue weighted by atomic mass is 27.2. The molecule has 0 fully saturated rings. The number of nitrogens with zero attached hydrogens (tertiary/aromatic N) is 2. The third kappa shape index (κ3) is 1.16. The van der Waals surface area contributed by atoms with Gasteiger partial charge in [0.05, 0.1) is 0 Å². The average molecular weight is 174 g/mol. The van der Waals surface area contributed by atoms with Crippen LogP contribution in [0.1, 0.15) is 0 Å². The zero-order valence-corrected chi connectivity index (χ0v) is 8.51. The SMILES string of the molecule is [CH3][Al]([CH3])[n]1ccc2cccnc21. The molecule has 60 valence electrons. The van der Waals surface area contributed by atoms with E-state index in [1.54, 1.807) is 0 Å². The molecular formula is C9H11AlN2. The summed E-state index contributed by atoms with van der Waals surface area (Å²) < 4.78 is 2.31. The molecule has 0 aromatic carbocycles. The molecule has 2 heterocycles. The van der Waals surface area contributed by atoms with Crippen molar-refractivity contribution < 1.29 is 0 Å². The first-order valence-electron chi connectivity index (χ1n) is 4.20. The van der Waals surface area contributed by atoms with Crippen LogP contribution in [0.4, 0.5) is 0 Å². The fourth-order valence-corrected chi connectivity index (χ4v) is 2.54. The molecule has 2 rings (SSSR count). The van der Waals surface area contributed by atoms with Crippen molar-refractivity contribution >= 4 is 25.4 Å². The molecule has 2 aromatic heterocycles. The Hall–Kier alpha value is -0.778. The third-order valence-electron chi connectivity index (χ3n) is 2.03. The van der Waals surface area contributed by atoms with Gasteiger partial charge in [-0.05, 0) is 24.4 Å². The second kappa shape index (κ2) is 2.93. The van der Waals surface area contributed by atoms with Gasteiger partial charge in [-0.25, -0.2) is 4.98 Å². The molecule has 0 atom stereocenters. The normalized spacial score (nSPS) is 10.5. The summed E-state index contributed by atoms with van der Waals surface area (Å²) >= 11 is -0.776. The van der Waals surface area contributed by atoms with E-state index in [0.717, 1.165) is 5.65 Å². The van der Waals surface area contributed by atoms with Crippen molar-refractivity contribution in [2.45, 2.75) is 11.6 Å². The lowest BCUT2D eigenvalue weighted by Crippen LogP contribution is -2.14. The molecule has 0 spiro atoms. The second-order valence-corrected chi connectivity index (χ2v) is 5.98. The maximum absolute atomic E-state index is 4.36. The third-order valence-corrected chi connectivity index (χ3v) is 3.56. The van der Waals surface area contributed by atoms with Crippen LogP contribution < -0.4 is 0 Å². The Morgan fingerprint density at radius 1 is 1.33 bits per heavy atom. The summed E-state index contributed by atoms with van der Waals surface area (Å²) in [7, 11) is 0. The monoisotopic (exact) mass is 174 g/mol. The van der Waals surface area contributed by atoms with Crippen LogP contribution in [-0.2, 0) is 0 Å². The van der Waals surface area contributed by atoms with Gasteiger partial charge in [-0.1, -0.05) is 11.6 Å². The largest absolute Gasteiger partial charge is 0.425 e. The van der Waals surface area contributed by atoms with Gasteiger partial charge in [0, 0.05) is 11.6 Å². The minimum absolute atomic E-state index is 0.776. The lowest BCUT2D eigenvalue weighted by atomic mass is 10.3. The van der Waals surface area contributed by atoms with Crippen LogP contribution in [0, 0.1) is 0 Å². The predicted molar refractivity (Wildman–Crippen MR) is 52.6 cm³/mol. The molecule has 12 heavy (non-hydrogen) atoms. The number of hydrogen-bond acceptors (Lipinski definition) is 1. The molecule has 3 heteroatoms. The number of fused-ring (bicyclic) bond motifs is 1. The molecule has 0 amide bonds. The minimum Gasteiger partial charge on any atom is -0.425 e. The molecule has 0 saturated heterocycles. The van der Waals surface area contributed by atoms with Crippen LogP contribution in [0.25, 0.3) is 11.0 Å². The Kier molecular flexibility index (Phi) is 1.92. The van der Waals surface area contributed by atoms with Crippen LogP contribution >= 0.6 is 0 Å². The molecule has 0 aliphatic heterocycles. The minimum atomic E-state index is -0.776. The summed E-state index contributed by atoms with van der Waals surface area (Å²) in [6.07, 6.45) is 4.00. The molecule has 0 aliphatic rings. The zero-order chi connectivity index (χ0) is 8.55. The summed E-state index contributed by atoms with van der Waals surface area (Å²) in [6.45, 7) is 0. The Morgan fingerprint density at radius 3 is 2.92 bits per heavy atom. The van der Waals surface area contributed by atoms with E-state index in [2.05, 4.69) is 38.4 Å². The van der Waals surface area contributed by atoms with E-state index >= 15 is 0 Å². The lowest BCUT2D eigenvalue weighted by Gasteiger charge is -2.02. The fraction of sp³-hybridized carbons (Fsp3) is 0.222. The van der Waals surface area contributed by atoms with Gasteiger partial charge >= 0.3 is 14.4 Å². The molecule has 0 N–H and O–H groups in total. The van der Waals surface area contributed by atoms with Crippen LogP contribution in [0.15, 0.2) is 30.6 Å². The van der Waals surface area contributed by atoms with Crippen LogP contribution in [0.3, 0.4) is 0 Å². The number of hydrogen-bond donors (Lipinski definition) is 0. The second-order valence-electron chi connectivity index (χ2n) is 3.23. The average Bonchev–Trinajstić information content (AvgIpc) is 2.47. The molecule has 2 aromatic rings. The molecular weight excluding hydrogens is 163 g/mol. The van der Waals surface area contributed by atoms with E-state index in [1.165, 1.54) is 5.39 Å². The van der Waals surface area contributed by atoms with Gasteiger partial charge in [-0.15, -0.1) is 0 Å². The van der Waals surface area contributed by atoms with Gasteiger partial charge in [0.15, 0.2) is 0 Å². The van der Waals surface area contributed by atoms with E-state index in [4.69, 9.17) is 0 Å². The Bertz CT molecular complexity index is 392. The van der Waals surface area contributed by atoms with Crippen molar-refractivity contribution in [3.63, 3.8) is 0 Å². The number of rotatable bonds is 1. The molecule has 0 saturated carbocycles. The Balaban J connectivity index is 2.70. The molecule has 0 radical (unpaired) electrons. The van der Waals surface area contributed by atoms with Crippen molar-refractivity contribution in [3.05, 3.63) is 30.6 Å². The molecule has 2 nitrogen and oxygen atoms in total. The summed E-state index contributed by atoms with van der Waals surface area (Å²) in [6, 6.07) is 6.22. The van der Waals surface area contributed by atoms with Crippen molar-refractivity contribution in [2.75, 3.05) is 0 Å². The molecule has 0 bridgehead atoms. The van der Waals surface area contributed by atoms with E-state index in [0.29, 0.717) is 0 Å². The van der Waals surface area contributed by atoms with Crippen LogP contribution in [0.5, 0.6) is 0 Å². The van der Waals surface area contributed by atoms with E-state index < -0.39 is 14.4 Å². The smallest absolute Gasteiger partial charge is 0.413 e. The van der Waals surface area contributed by atoms with Gasteiger partial charge in [-0.3, -0.25) is 0 Å². The maximum atomic E-state index is 4.36. The first kappa shape index (κ1) is 7.85.